The van der Waals surface area contributed by atoms with Crippen LogP contribution < -0.4 is 5.73 Å². The summed E-state index contributed by atoms with van der Waals surface area (Å²) < 4.78 is 25.5. The van der Waals surface area contributed by atoms with Crippen molar-refractivity contribution in [3.05, 3.63) is 35.4 Å². The van der Waals surface area contributed by atoms with Crippen molar-refractivity contribution in [3.8, 4) is 0 Å². The van der Waals surface area contributed by atoms with Gasteiger partial charge < -0.3 is 5.73 Å². The molecule has 0 saturated heterocycles. The largest absolute Gasteiger partial charge is 0.330 e. The Labute approximate surface area is 93.5 Å². The zero-order valence-corrected chi connectivity index (χ0v) is 9.17. The van der Waals surface area contributed by atoms with Crippen LogP contribution >= 0.6 is 0 Å². The number of halogens is 2. The quantitative estimate of drug-likeness (QED) is 0.836. The molecule has 1 unspecified atom stereocenters. The van der Waals surface area contributed by atoms with Gasteiger partial charge in [0.1, 0.15) is 5.78 Å². The predicted octanol–water partition coefficient (Wildman–Crippen LogP) is 2.06. The van der Waals surface area contributed by atoms with E-state index in [2.05, 4.69) is 0 Å². The molecule has 0 heterocycles. The molecule has 1 aromatic carbocycles. The highest BCUT2D eigenvalue weighted by molar-refractivity contribution is 5.81. The van der Waals surface area contributed by atoms with Crippen molar-refractivity contribution in [1.82, 2.24) is 0 Å². The highest BCUT2D eigenvalue weighted by Crippen LogP contribution is 2.11. The summed E-state index contributed by atoms with van der Waals surface area (Å²) in [5.74, 6) is -1.70. The average molecular weight is 227 g/mol. The second-order valence-corrected chi connectivity index (χ2v) is 4.01. The van der Waals surface area contributed by atoms with Gasteiger partial charge in [-0.25, -0.2) is 8.78 Å². The maximum absolute atomic E-state index is 12.9. The lowest BCUT2D eigenvalue weighted by atomic mass is 10.00. The zero-order chi connectivity index (χ0) is 12.1. The summed E-state index contributed by atoms with van der Waals surface area (Å²) in [4.78, 5) is 11.5. The van der Waals surface area contributed by atoms with Gasteiger partial charge in [0.05, 0.1) is 0 Å². The molecule has 0 radical (unpaired) electrons. The van der Waals surface area contributed by atoms with Crippen molar-refractivity contribution in [2.75, 3.05) is 6.54 Å². The third-order valence-corrected chi connectivity index (χ3v) is 2.36. The molecule has 88 valence electrons. The van der Waals surface area contributed by atoms with Gasteiger partial charge in [-0.3, -0.25) is 4.79 Å². The van der Waals surface area contributed by atoms with E-state index in [-0.39, 0.29) is 18.1 Å². The van der Waals surface area contributed by atoms with Gasteiger partial charge in [0.25, 0.3) is 0 Å². The van der Waals surface area contributed by atoms with E-state index in [0.717, 1.165) is 12.1 Å². The van der Waals surface area contributed by atoms with Crippen LogP contribution in [0.4, 0.5) is 8.78 Å². The van der Waals surface area contributed by atoms with Crippen LogP contribution in [0.15, 0.2) is 18.2 Å². The minimum atomic E-state index is -0.919. The molecule has 0 saturated carbocycles. The first-order chi connectivity index (χ1) is 7.52. The monoisotopic (exact) mass is 227 g/mol. The molecule has 1 aromatic rings. The van der Waals surface area contributed by atoms with E-state index < -0.39 is 11.6 Å². The Morgan fingerprint density at radius 3 is 2.62 bits per heavy atom. The number of benzene rings is 1. The van der Waals surface area contributed by atoms with Crippen LogP contribution in [-0.2, 0) is 11.2 Å². The van der Waals surface area contributed by atoms with E-state index >= 15 is 0 Å². The molecule has 0 fully saturated rings. The number of nitrogens with two attached hydrogens (primary N) is 1. The molecule has 0 aromatic heterocycles. The Kier molecular flexibility index (Phi) is 4.55. The van der Waals surface area contributed by atoms with Crippen LogP contribution in [0.1, 0.15) is 18.9 Å². The maximum atomic E-state index is 12.9. The first kappa shape index (κ1) is 12.8. The summed E-state index contributed by atoms with van der Waals surface area (Å²) in [6.45, 7) is 2.33. The zero-order valence-electron chi connectivity index (χ0n) is 9.17. The number of carbonyl (C=O) groups is 1. The van der Waals surface area contributed by atoms with Crippen LogP contribution in [-0.4, -0.2) is 12.3 Å². The summed E-state index contributed by atoms with van der Waals surface area (Å²) in [5.41, 5.74) is 5.89. The van der Waals surface area contributed by atoms with Crippen LogP contribution in [0.3, 0.4) is 0 Å². The van der Waals surface area contributed by atoms with Crippen molar-refractivity contribution in [2.45, 2.75) is 19.8 Å². The van der Waals surface area contributed by atoms with E-state index in [4.69, 9.17) is 5.73 Å². The lowest BCUT2D eigenvalue weighted by molar-refractivity contribution is -0.119. The summed E-state index contributed by atoms with van der Waals surface area (Å²) in [7, 11) is 0. The Bertz CT molecular complexity index is 379. The van der Waals surface area contributed by atoms with Gasteiger partial charge in [0.2, 0.25) is 0 Å². The predicted molar refractivity (Wildman–Crippen MR) is 57.9 cm³/mol. The Morgan fingerprint density at radius 2 is 2.06 bits per heavy atom. The van der Waals surface area contributed by atoms with Gasteiger partial charge in [-0.2, -0.15) is 0 Å². The van der Waals surface area contributed by atoms with E-state index in [1.54, 1.807) is 0 Å². The minimum absolute atomic E-state index is 0.0102. The second-order valence-electron chi connectivity index (χ2n) is 4.01. The summed E-state index contributed by atoms with van der Waals surface area (Å²) in [6.07, 6.45) is 0.497. The van der Waals surface area contributed by atoms with Crippen molar-refractivity contribution in [3.63, 3.8) is 0 Å². The first-order valence-electron chi connectivity index (χ1n) is 5.18. The van der Waals surface area contributed by atoms with Gasteiger partial charge in [-0.05, 0) is 30.2 Å². The normalized spacial score (nSPS) is 12.5. The number of hydrogen-bond donors (Lipinski definition) is 1. The molecule has 0 bridgehead atoms. The van der Waals surface area contributed by atoms with Crippen molar-refractivity contribution in [1.29, 1.82) is 0 Å². The highest BCUT2D eigenvalue weighted by atomic mass is 19.2. The van der Waals surface area contributed by atoms with E-state index in [0.29, 0.717) is 18.5 Å². The van der Waals surface area contributed by atoms with Gasteiger partial charge >= 0.3 is 0 Å². The topological polar surface area (TPSA) is 43.1 Å². The number of Topliss-reactive ketones (excluding diaryl/α,β-unsaturated/α-hetero) is 1. The molecule has 1 atom stereocenters. The summed E-state index contributed by atoms with van der Waals surface area (Å²) in [5, 5.41) is 0. The van der Waals surface area contributed by atoms with Gasteiger partial charge in [0, 0.05) is 12.8 Å². The molecule has 0 amide bonds. The lowest BCUT2D eigenvalue weighted by Gasteiger charge is -2.07. The van der Waals surface area contributed by atoms with Gasteiger partial charge in [-0.1, -0.05) is 13.0 Å². The molecule has 4 heteroatoms. The molecule has 2 nitrogen and oxygen atoms in total. The first-order valence-corrected chi connectivity index (χ1v) is 5.18. The molecule has 0 spiro atoms. The fourth-order valence-electron chi connectivity index (χ4n) is 1.42. The average Bonchev–Trinajstić information content (AvgIpc) is 2.23. The van der Waals surface area contributed by atoms with Crippen LogP contribution in [0, 0.1) is 17.6 Å². The molecular formula is C12H15F2NO. The Morgan fingerprint density at radius 1 is 1.38 bits per heavy atom. The van der Waals surface area contributed by atoms with Crippen LogP contribution in [0.2, 0.25) is 0 Å². The number of rotatable bonds is 5. The minimum Gasteiger partial charge on any atom is -0.330 e. The molecule has 0 aliphatic rings. The molecule has 2 N–H and O–H groups in total. The van der Waals surface area contributed by atoms with E-state index in [1.807, 2.05) is 6.92 Å². The smallest absolute Gasteiger partial charge is 0.159 e. The van der Waals surface area contributed by atoms with Crippen molar-refractivity contribution < 1.29 is 13.6 Å². The lowest BCUT2D eigenvalue weighted by Crippen LogP contribution is -2.16. The Hall–Kier alpha value is -1.29. The van der Waals surface area contributed by atoms with Gasteiger partial charge in [0.15, 0.2) is 11.6 Å². The van der Waals surface area contributed by atoms with Crippen LogP contribution in [0.25, 0.3) is 0 Å². The number of ketones is 1. The maximum Gasteiger partial charge on any atom is 0.159 e. The number of carbonyl (C=O) groups excluding carboxylic acids is 1. The molecular weight excluding hydrogens is 212 g/mol. The molecule has 16 heavy (non-hydrogen) atoms. The highest BCUT2D eigenvalue weighted by Gasteiger charge is 2.10. The fourth-order valence-corrected chi connectivity index (χ4v) is 1.42. The fraction of sp³-hybridized carbons (Fsp3) is 0.417. The molecule has 1 rings (SSSR count). The SMILES string of the molecule is CC(CN)CC(=O)Cc1ccc(F)c(F)c1. The third-order valence-electron chi connectivity index (χ3n) is 2.36. The Balaban J connectivity index is 2.59. The van der Waals surface area contributed by atoms with Crippen LogP contribution in [0.5, 0.6) is 0 Å². The molecule has 0 aliphatic heterocycles. The second kappa shape index (κ2) is 5.70. The summed E-state index contributed by atoms with van der Waals surface area (Å²) in [6, 6.07) is 3.51. The third kappa shape index (κ3) is 3.70. The standard InChI is InChI=1S/C12H15F2NO/c1-8(7-15)4-10(16)5-9-2-3-11(13)12(14)6-9/h2-3,6,8H,4-5,7,15H2,1H3. The van der Waals surface area contributed by atoms with E-state index in [1.165, 1.54) is 6.07 Å². The van der Waals surface area contributed by atoms with E-state index in [9.17, 15) is 13.6 Å². The van der Waals surface area contributed by atoms with Crippen molar-refractivity contribution in [2.24, 2.45) is 11.7 Å². The van der Waals surface area contributed by atoms with Crippen molar-refractivity contribution >= 4 is 5.78 Å². The summed E-state index contributed by atoms with van der Waals surface area (Å²) >= 11 is 0. The number of hydrogen-bond acceptors (Lipinski definition) is 2. The molecule has 0 aliphatic carbocycles. The van der Waals surface area contributed by atoms with Gasteiger partial charge in [-0.15, -0.1) is 0 Å².